The molecule has 90 valence electrons. The maximum absolute atomic E-state index is 11.4. The fraction of sp³-hybridized carbons (Fsp3) is 0.333. The van der Waals surface area contributed by atoms with Crippen LogP contribution in [0.2, 0.25) is 0 Å². The van der Waals surface area contributed by atoms with Crippen molar-refractivity contribution in [3.63, 3.8) is 0 Å². The molecule has 0 atom stereocenters. The molecule has 1 N–H and O–H groups in total. The Morgan fingerprint density at radius 2 is 2.12 bits per heavy atom. The Kier molecular flexibility index (Phi) is 3.11. The molecule has 1 aromatic rings. The number of hydrogen-bond acceptors (Lipinski definition) is 3. The van der Waals surface area contributed by atoms with E-state index >= 15 is 0 Å². The summed E-state index contributed by atoms with van der Waals surface area (Å²) in [5, 5.41) is 1.95. The van der Waals surface area contributed by atoms with E-state index in [2.05, 4.69) is 16.8 Å². The summed E-state index contributed by atoms with van der Waals surface area (Å²) in [6.07, 6.45) is 1.78. The van der Waals surface area contributed by atoms with Gasteiger partial charge in [0.1, 0.15) is 0 Å². The molecule has 1 aliphatic heterocycles. The lowest BCUT2D eigenvalue weighted by molar-refractivity contribution is -0.115. The van der Waals surface area contributed by atoms with Crippen LogP contribution in [0, 0.1) is 13.8 Å². The van der Waals surface area contributed by atoms with Gasteiger partial charge in [-0.2, -0.15) is 0 Å². The van der Waals surface area contributed by atoms with Crippen LogP contribution in [0.15, 0.2) is 11.0 Å². The van der Waals surface area contributed by atoms with Crippen molar-refractivity contribution >= 4 is 29.0 Å². The molecular weight excluding hydrogens is 236 g/mol. The van der Waals surface area contributed by atoms with Gasteiger partial charge in [-0.1, -0.05) is 0 Å². The molecule has 2 amide bonds. The Morgan fingerprint density at radius 1 is 1.41 bits per heavy atom. The normalized spacial score (nSPS) is 17.9. The zero-order valence-electron chi connectivity index (χ0n) is 10.0. The molecule has 0 aromatic carbocycles. The SMILES string of the molecule is CCn1c(C)cc(/C=C2\SC(=O)NC2=O)c1C. The number of thioether (sulfide) groups is 1. The van der Waals surface area contributed by atoms with Gasteiger partial charge in [0.25, 0.3) is 11.1 Å². The Morgan fingerprint density at radius 3 is 2.59 bits per heavy atom. The molecule has 17 heavy (non-hydrogen) atoms. The van der Waals surface area contributed by atoms with Crippen molar-refractivity contribution in [3.8, 4) is 0 Å². The monoisotopic (exact) mass is 250 g/mol. The van der Waals surface area contributed by atoms with E-state index in [0.29, 0.717) is 4.91 Å². The Balaban J connectivity index is 2.39. The molecule has 4 nitrogen and oxygen atoms in total. The fourth-order valence-corrected chi connectivity index (χ4v) is 2.70. The molecule has 0 unspecified atom stereocenters. The van der Waals surface area contributed by atoms with E-state index in [4.69, 9.17) is 0 Å². The van der Waals surface area contributed by atoms with E-state index in [-0.39, 0.29) is 11.1 Å². The summed E-state index contributed by atoms with van der Waals surface area (Å²) >= 11 is 0.952. The average molecular weight is 250 g/mol. The summed E-state index contributed by atoms with van der Waals surface area (Å²) < 4.78 is 2.17. The van der Waals surface area contributed by atoms with Crippen molar-refractivity contribution in [2.75, 3.05) is 0 Å². The van der Waals surface area contributed by atoms with Crippen LogP contribution in [0.5, 0.6) is 0 Å². The van der Waals surface area contributed by atoms with E-state index in [1.54, 1.807) is 6.08 Å². The zero-order chi connectivity index (χ0) is 12.6. The van der Waals surface area contributed by atoms with Gasteiger partial charge in [0.15, 0.2) is 0 Å². The molecule has 5 heteroatoms. The topological polar surface area (TPSA) is 51.1 Å². The van der Waals surface area contributed by atoms with Gasteiger partial charge in [0.2, 0.25) is 0 Å². The number of nitrogens with one attached hydrogen (secondary N) is 1. The number of nitrogens with zero attached hydrogens (tertiary/aromatic N) is 1. The highest BCUT2D eigenvalue weighted by atomic mass is 32.2. The predicted molar refractivity (Wildman–Crippen MR) is 68.7 cm³/mol. The summed E-state index contributed by atoms with van der Waals surface area (Å²) in [7, 11) is 0. The van der Waals surface area contributed by atoms with Crippen molar-refractivity contribution in [2.24, 2.45) is 0 Å². The second-order valence-electron chi connectivity index (χ2n) is 3.92. The lowest BCUT2D eigenvalue weighted by Gasteiger charge is -2.04. The Bertz CT molecular complexity index is 529. The van der Waals surface area contributed by atoms with Crippen LogP contribution in [0.4, 0.5) is 4.79 Å². The fourth-order valence-electron chi connectivity index (χ4n) is 2.02. The second kappa shape index (κ2) is 4.41. The maximum Gasteiger partial charge on any atom is 0.290 e. The van der Waals surface area contributed by atoms with Gasteiger partial charge < -0.3 is 4.57 Å². The molecular formula is C12H14N2O2S. The maximum atomic E-state index is 11.4. The first-order chi connectivity index (χ1) is 8.02. The van der Waals surface area contributed by atoms with Crippen LogP contribution in [-0.2, 0) is 11.3 Å². The molecule has 1 fully saturated rings. The lowest BCUT2D eigenvalue weighted by atomic mass is 10.2. The quantitative estimate of drug-likeness (QED) is 0.820. The van der Waals surface area contributed by atoms with E-state index < -0.39 is 0 Å². The van der Waals surface area contributed by atoms with Gasteiger partial charge in [-0.15, -0.1) is 0 Å². The number of aromatic nitrogens is 1. The smallest absolute Gasteiger partial charge is 0.290 e. The number of amides is 2. The van der Waals surface area contributed by atoms with E-state index in [1.807, 2.05) is 19.9 Å². The van der Waals surface area contributed by atoms with Crippen LogP contribution in [0.1, 0.15) is 23.9 Å². The summed E-state index contributed by atoms with van der Waals surface area (Å²) in [6.45, 7) is 7.03. The number of hydrogen-bond donors (Lipinski definition) is 1. The van der Waals surface area contributed by atoms with E-state index in [0.717, 1.165) is 35.3 Å². The number of aryl methyl sites for hydroxylation is 1. The number of carbonyl (C=O) groups excluding carboxylic acids is 2. The molecule has 0 saturated carbocycles. The standard InChI is InChI=1S/C12H14N2O2S/c1-4-14-7(2)5-9(8(14)3)6-10-11(15)13-12(16)17-10/h5-6H,4H2,1-3H3,(H,13,15,16)/b10-6-. The molecule has 0 spiro atoms. The number of rotatable bonds is 2. The van der Waals surface area contributed by atoms with Crippen molar-refractivity contribution in [3.05, 3.63) is 27.9 Å². The van der Waals surface area contributed by atoms with Crippen molar-refractivity contribution in [1.82, 2.24) is 9.88 Å². The molecule has 0 aliphatic carbocycles. The van der Waals surface area contributed by atoms with Crippen molar-refractivity contribution < 1.29 is 9.59 Å². The minimum absolute atomic E-state index is 0.300. The highest BCUT2D eigenvalue weighted by molar-refractivity contribution is 8.18. The van der Waals surface area contributed by atoms with Crippen molar-refractivity contribution in [2.45, 2.75) is 27.3 Å². The molecule has 1 aliphatic rings. The summed E-state index contributed by atoms with van der Waals surface area (Å²) in [6, 6.07) is 2.03. The molecule has 2 heterocycles. The van der Waals surface area contributed by atoms with Gasteiger partial charge >= 0.3 is 0 Å². The Labute approximate surface area is 104 Å². The summed E-state index contributed by atoms with van der Waals surface area (Å²) in [4.78, 5) is 23.0. The average Bonchev–Trinajstić information content (AvgIpc) is 2.69. The summed E-state index contributed by atoms with van der Waals surface area (Å²) in [5.74, 6) is -0.304. The van der Waals surface area contributed by atoms with Crippen LogP contribution in [0.3, 0.4) is 0 Å². The highest BCUT2D eigenvalue weighted by Gasteiger charge is 2.25. The summed E-state index contributed by atoms with van der Waals surface area (Å²) in [5.41, 5.74) is 3.27. The number of carbonyl (C=O) groups is 2. The van der Waals surface area contributed by atoms with Crippen LogP contribution in [0.25, 0.3) is 6.08 Å². The second-order valence-corrected chi connectivity index (χ2v) is 4.94. The third-order valence-electron chi connectivity index (χ3n) is 2.86. The van der Waals surface area contributed by atoms with Gasteiger partial charge in [0.05, 0.1) is 4.91 Å². The zero-order valence-corrected chi connectivity index (χ0v) is 10.9. The molecule has 2 rings (SSSR count). The first-order valence-electron chi connectivity index (χ1n) is 5.44. The van der Waals surface area contributed by atoms with Crippen LogP contribution >= 0.6 is 11.8 Å². The van der Waals surface area contributed by atoms with Gasteiger partial charge in [-0.05, 0) is 50.2 Å². The Hall–Kier alpha value is -1.49. The first-order valence-corrected chi connectivity index (χ1v) is 6.26. The molecule has 0 radical (unpaired) electrons. The first kappa shape index (κ1) is 12.0. The molecule has 1 aromatic heterocycles. The third-order valence-corrected chi connectivity index (χ3v) is 3.67. The lowest BCUT2D eigenvalue weighted by Crippen LogP contribution is -2.17. The van der Waals surface area contributed by atoms with Gasteiger partial charge in [-0.25, -0.2) is 0 Å². The molecule has 0 bridgehead atoms. The van der Waals surface area contributed by atoms with Crippen LogP contribution < -0.4 is 5.32 Å². The third kappa shape index (κ3) is 2.15. The molecule has 1 saturated heterocycles. The minimum atomic E-state index is -0.304. The van der Waals surface area contributed by atoms with E-state index in [9.17, 15) is 9.59 Å². The van der Waals surface area contributed by atoms with Crippen molar-refractivity contribution in [1.29, 1.82) is 0 Å². The largest absolute Gasteiger partial charge is 0.349 e. The van der Waals surface area contributed by atoms with Crippen LogP contribution in [-0.4, -0.2) is 15.7 Å². The highest BCUT2D eigenvalue weighted by Crippen LogP contribution is 2.27. The van der Waals surface area contributed by atoms with Gasteiger partial charge in [0, 0.05) is 17.9 Å². The van der Waals surface area contributed by atoms with E-state index in [1.165, 1.54) is 0 Å². The predicted octanol–water partition coefficient (Wildman–Crippen LogP) is 2.45. The van der Waals surface area contributed by atoms with Gasteiger partial charge in [-0.3, -0.25) is 14.9 Å². The number of imide groups is 1. The minimum Gasteiger partial charge on any atom is -0.349 e.